The van der Waals surface area contributed by atoms with Crippen molar-refractivity contribution in [2.45, 2.75) is 13.8 Å². The Kier molecular flexibility index (Phi) is 3.97. The van der Waals surface area contributed by atoms with E-state index in [1.54, 1.807) is 26.0 Å². The molecule has 1 rings (SSSR count). The lowest BCUT2D eigenvalue weighted by Crippen LogP contribution is -2.08. The monoisotopic (exact) mass is 228 g/mol. The molecule has 0 amide bonds. The van der Waals surface area contributed by atoms with Gasteiger partial charge >= 0.3 is 5.97 Å². The van der Waals surface area contributed by atoms with Gasteiger partial charge in [-0.05, 0) is 25.5 Å². The van der Waals surface area contributed by atoms with Gasteiger partial charge in [-0.25, -0.2) is 4.79 Å². The Morgan fingerprint density at radius 2 is 2.13 bits per heavy atom. The highest BCUT2D eigenvalue weighted by molar-refractivity contribution is 6.35. The molecule has 4 heteroatoms. The zero-order chi connectivity index (χ0) is 11.4. The van der Waals surface area contributed by atoms with Crippen LogP contribution >= 0.6 is 11.6 Å². The number of methoxy groups -OCH3 is 1. The lowest BCUT2D eigenvalue weighted by molar-refractivity contribution is 0.0525. The summed E-state index contributed by atoms with van der Waals surface area (Å²) in [7, 11) is 1.51. The number of ether oxygens (including phenoxy) is 2. The number of hydrogen-bond acceptors (Lipinski definition) is 3. The molecule has 15 heavy (non-hydrogen) atoms. The predicted octanol–water partition coefficient (Wildman–Crippen LogP) is 2.83. The van der Waals surface area contributed by atoms with Crippen LogP contribution in [-0.4, -0.2) is 19.7 Å². The van der Waals surface area contributed by atoms with Crippen molar-refractivity contribution in [2.24, 2.45) is 0 Å². The fourth-order valence-electron chi connectivity index (χ4n) is 1.26. The van der Waals surface area contributed by atoms with Crippen LogP contribution in [-0.2, 0) is 4.74 Å². The molecule has 0 atom stereocenters. The molecule has 1 aromatic carbocycles. The molecule has 0 aromatic heterocycles. The van der Waals surface area contributed by atoms with Gasteiger partial charge in [0.1, 0.15) is 5.75 Å². The minimum Gasteiger partial charge on any atom is -0.495 e. The first-order valence-corrected chi connectivity index (χ1v) is 4.99. The number of esters is 1. The lowest BCUT2D eigenvalue weighted by Gasteiger charge is -2.10. The average Bonchev–Trinajstić information content (AvgIpc) is 2.18. The largest absolute Gasteiger partial charge is 0.495 e. The van der Waals surface area contributed by atoms with Gasteiger partial charge in [0.25, 0.3) is 0 Å². The zero-order valence-electron chi connectivity index (χ0n) is 8.96. The molecule has 0 N–H and O–H groups in total. The summed E-state index contributed by atoms with van der Waals surface area (Å²) in [6.45, 7) is 3.88. The first kappa shape index (κ1) is 11.9. The molecule has 0 fully saturated rings. The van der Waals surface area contributed by atoms with Crippen molar-refractivity contribution in [1.82, 2.24) is 0 Å². The van der Waals surface area contributed by atoms with Crippen LogP contribution in [0.15, 0.2) is 12.1 Å². The maximum atomic E-state index is 11.6. The molecule has 82 valence electrons. The Bertz CT molecular complexity index is 374. The first-order valence-electron chi connectivity index (χ1n) is 4.62. The van der Waals surface area contributed by atoms with Crippen LogP contribution in [0.5, 0.6) is 5.75 Å². The van der Waals surface area contributed by atoms with Crippen molar-refractivity contribution in [3.63, 3.8) is 0 Å². The van der Waals surface area contributed by atoms with Crippen LogP contribution in [0.2, 0.25) is 5.02 Å². The van der Waals surface area contributed by atoms with E-state index in [4.69, 9.17) is 21.1 Å². The molecular formula is C11H13ClO3. The second-order valence-corrected chi connectivity index (χ2v) is 3.37. The van der Waals surface area contributed by atoms with Gasteiger partial charge in [0.15, 0.2) is 0 Å². The molecule has 0 saturated carbocycles. The third-order valence-electron chi connectivity index (χ3n) is 2.01. The van der Waals surface area contributed by atoms with Crippen molar-refractivity contribution in [3.05, 3.63) is 28.3 Å². The topological polar surface area (TPSA) is 35.5 Å². The van der Waals surface area contributed by atoms with E-state index in [0.717, 1.165) is 5.56 Å². The SMILES string of the molecule is CCOC(=O)c1c(C)ccc(OC)c1Cl. The fraction of sp³-hybridized carbons (Fsp3) is 0.364. The number of benzene rings is 1. The minimum atomic E-state index is -0.418. The first-order chi connectivity index (χ1) is 7.11. The molecule has 0 aliphatic rings. The summed E-state index contributed by atoms with van der Waals surface area (Å²) in [5.74, 6) is 0.0595. The van der Waals surface area contributed by atoms with Crippen molar-refractivity contribution in [3.8, 4) is 5.75 Å². The number of carbonyl (C=O) groups excluding carboxylic acids is 1. The normalized spacial score (nSPS) is 9.87. The van der Waals surface area contributed by atoms with E-state index >= 15 is 0 Å². The van der Waals surface area contributed by atoms with E-state index < -0.39 is 5.97 Å². The Balaban J connectivity index is 3.20. The van der Waals surface area contributed by atoms with Crippen molar-refractivity contribution in [2.75, 3.05) is 13.7 Å². The van der Waals surface area contributed by atoms with Crippen molar-refractivity contribution < 1.29 is 14.3 Å². The van der Waals surface area contributed by atoms with Gasteiger partial charge in [-0.1, -0.05) is 17.7 Å². The summed E-state index contributed by atoms with van der Waals surface area (Å²) in [4.78, 5) is 11.6. The van der Waals surface area contributed by atoms with Crippen molar-refractivity contribution >= 4 is 17.6 Å². The third-order valence-corrected chi connectivity index (χ3v) is 2.39. The van der Waals surface area contributed by atoms with Gasteiger partial charge in [0, 0.05) is 0 Å². The highest BCUT2D eigenvalue weighted by atomic mass is 35.5. The molecule has 1 aromatic rings. The molecule has 0 saturated heterocycles. The Hall–Kier alpha value is -1.22. The molecule has 0 heterocycles. The molecular weight excluding hydrogens is 216 g/mol. The standard InChI is InChI=1S/C11H13ClO3/c1-4-15-11(13)9-7(2)5-6-8(14-3)10(9)12/h5-6H,4H2,1-3H3. The number of rotatable bonds is 3. The predicted molar refractivity (Wildman–Crippen MR) is 58.7 cm³/mol. The van der Waals surface area contributed by atoms with Crippen LogP contribution < -0.4 is 4.74 Å². The zero-order valence-corrected chi connectivity index (χ0v) is 9.72. The number of carbonyl (C=O) groups is 1. The van der Waals surface area contributed by atoms with Crippen LogP contribution in [0.25, 0.3) is 0 Å². The number of aryl methyl sites for hydroxylation is 1. The quantitative estimate of drug-likeness (QED) is 0.747. The Morgan fingerprint density at radius 1 is 1.47 bits per heavy atom. The second kappa shape index (κ2) is 5.03. The van der Waals surface area contributed by atoms with Gasteiger partial charge in [-0.15, -0.1) is 0 Å². The second-order valence-electron chi connectivity index (χ2n) is 2.99. The van der Waals surface area contributed by atoms with Gasteiger partial charge in [-0.3, -0.25) is 0 Å². The van der Waals surface area contributed by atoms with Crippen LogP contribution in [0.4, 0.5) is 0 Å². The molecule has 0 aliphatic heterocycles. The Labute approximate surface area is 93.9 Å². The van der Waals surface area contributed by atoms with E-state index in [1.165, 1.54) is 7.11 Å². The summed E-state index contributed by atoms with van der Waals surface area (Å²) in [5, 5.41) is 0.302. The van der Waals surface area contributed by atoms with Gasteiger partial charge in [0.05, 0.1) is 24.3 Å². The maximum Gasteiger partial charge on any atom is 0.340 e. The maximum absolute atomic E-state index is 11.6. The summed E-state index contributed by atoms with van der Waals surface area (Å²) in [6, 6.07) is 3.50. The van der Waals surface area contributed by atoms with E-state index in [-0.39, 0.29) is 0 Å². The van der Waals surface area contributed by atoms with Crippen LogP contribution in [0.3, 0.4) is 0 Å². The molecule has 3 nitrogen and oxygen atoms in total. The van der Waals surface area contributed by atoms with Gasteiger partial charge in [-0.2, -0.15) is 0 Å². The number of halogens is 1. The van der Waals surface area contributed by atoms with E-state index in [1.807, 2.05) is 0 Å². The molecule has 0 unspecified atom stereocenters. The number of hydrogen-bond donors (Lipinski definition) is 0. The smallest absolute Gasteiger partial charge is 0.340 e. The van der Waals surface area contributed by atoms with Gasteiger partial charge < -0.3 is 9.47 Å². The van der Waals surface area contributed by atoms with Crippen LogP contribution in [0, 0.1) is 6.92 Å². The highest BCUT2D eigenvalue weighted by Crippen LogP contribution is 2.30. The summed E-state index contributed by atoms with van der Waals surface area (Å²) < 4.78 is 9.94. The van der Waals surface area contributed by atoms with E-state index in [9.17, 15) is 4.79 Å². The summed E-state index contributed by atoms with van der Waals surface area (Å²) in [6.07, 6.45) is 0. The molecule has 0 radical (unpaired) electrons. The van der Waals surface area contributed by atoms with E-state index in [2.05, 4.69) is 0 Å². The minimum absolute atomic E-state index is 0.302. The van der Waals surface area contributed by atoms with E-state index in [0.29, 0.717) is 22.9 Å². The molecule has 0 bridgehead atoms. The lowest BCUT2D eigenvalue weighted by atomic mass is 10.1. The van der Waals surface area contributed by atoms with Crippen LogP contribution in [0.1, 0.15) is 22.8 Å². The fourth-order valence-corrected chi connectivity index (χ4v) is 1.63. The molecule has 0 spiro atoms. The third kappa shape index (κ3) is 2.42. The summed E-state index contributed by atoms with van der Waals surface area (Å²) >= 11 is 6.02. The Morgan fingerprint density at radius 3 is 2.67 bits per heavy atom. The summed E-state index contributed by atoms with van der Waals surface area (Å²) in [5.41, 5.74) is 1.15. The average molecular weight is 229 g/mol. The van der Waals surface area contributed by atoms with Crippen molar-refractivity contribution in [1.29, 1.82) is 0 Å². The highest BCUT2D eigenvalue weighted by Gasteiger charge is 2.17. The molecule has 0 aliphatic carbocycles. The van der Waals surface area contributed by atoms with Gasteiger partial charge in [0.2, 0.25) is 0 Å².